The Morgan fingerprint density at radius 2 is 0.851 bits per heavy atom. The van der Waals surface area contributed by atoms with Gasteiger partial charge in [0.1, 0.15) is 35.4 Å². The maximum atomic E-state index is 10.8. The van der Waals surface area contributed by atoms with Crippen LogP contribution in [0.5, 0.6) is 0 Å². The van der Waals surface area contributed by atoms with Crippen molar-refractivity contribution >= 4 is 34.4 Å². The minimum atomic E-state index is 0.0185. The summed E-state index contributed by atoms with van der Waals surface area (Å²) < 4.78 is 8.00. The Hall–Kier alpha value is -10.4. The fraction of sp³-hybridized carbons (Fsp3) is 0.444. The van der Waals surface area contributed by atoms with Gasteiger partial charge in [0.2, 0.25) is 5.90 Å². The molecule has 9 aromatic rings. The van der Waals surface area contributed by atoms with Crippen molar-refractivity contribution in [2.75, 3.05) is 67.5 Å². The van der Waals surface area contributed by atoms with Crippen LogP contribution in [-0.4, -0.2) is 199 Å². The van der Waals surface area contributed by atoms with Gasteiger partial charge in [0, 0.05) is 185 Å². The number of carbonyl (C=O) groups is 1. The molecule has 4 aliphatic rings. The van der Waals surface area contributed by atoms with Crippen molar-refractivity contribution in [3.8, 4) is 0 Å². The van der Waals surface area contributed by atoms with Crippen LogP contribution in [0.4, 0.5) is 4.79 Å². The summed E-state index contributed by atoms with van der Waals surface area (Å²) in [6.45, 7) is 40.3. The Kier molecular flexibility index (Phi) is 43.8. The van der Waals surface area contributed by atoms with Gasteiger partial charge in [-0.3, -0.25) is 44.9 Å². The molecule has 13 rings (SSSR count). The molecule has 0 saturated carbocycles. The first-order chi connectivity index (χ1) is 47.6. The maximum Gasteiger partial charge on any atom is 0.327 e. The van der Waals surface area contributed by atoms with E-state index in [1.54, 1.807) is 90.2 Å². The van der Waals surface area contributed by atoms with Gasteiger partial charge in [-0.25, -0.2) is 54.4 Å². The van der Waals surface area contributed by atoms with Crippen molar-refractivity contribution in [2.45, 2.75) is 138 Å². The third-order valence-corrected chi connectivity index (χ3v) is 13.7. The second-order valence-electron chi connectivity index (χ2n) is 23.4. The highest BCUT2D eigenvalue weighted by Crippen LogP contribution is 2.13. The zero-order chi connectivity index (χ0) is 76.0. The fourth-order valence-electron chi connectivity index (χ4n) is 7.40. The van der Waals surface area contributed by atoms with Crippen LogP contribution in [0, 0.1) is 111 Å². The molecule has 2 amide bonds. The van der Waals surface area contributed by atoms with Crippen LogP contribution in [0.25, 0.3) is 0 Å². The van der Waals surface area contributed by atoms with Crippen molar-refractivity contribution in [1.29, 1.82) is 0 Å². The Bertz CT molecular complexity index is 3320. The molecule has 0 bridgehead atoms. The quantitative estimate of drug-likeness (QED) is 0.136. The van der Waals surface area contributed by atoms with Gasteiger partial charge in [-0.2, -0.15) is 10.2 Å². The third kappa shape index (κ3) is 45.7. The van der Waals surface area contributed by atoms with Crippen LogP contribution in [0.3, 0.4) is 0 Å². The van der Waals surface area contributed by atoms with Crippen LogP contribution in [0.2, 0.25) is 0 Å². The smallest absolute Gasteiger partial charge is 0.327 e. The molecule has 28 nitrogen and oxygen atoms in total. The minimum absolute atomic E-state index is 0.0185. The Balaban J connectivity index is 0.000000547. The molecule has 4 aliphatic heterocycles. The summed E-state index contributed by atoms with van der Waals surface area (Å²) in [6, 6.07) is 14.0. The molecule has 1 fully saturated rings. The molecule has 546 valence electrons. The molecule has 0 unspecified atom stereocenters. The van der Waals surface area contributed by atoms with E-state index < -0.39 is 0 Å². The van der Waals surface area contributed by atoms with E-state index in [0.29, 0.717) is 6.73 Å². The lowest BCUT2D eigenvalue weighted by atomic mass is 10.3. The molecular formula is C72H109N25O3S. The summed E-state index contributed by atoms with van der Waals surface area (Å²) in [7, 11) is 12.9. The van der Waals surface area contributed by atoms with Crippen molar-refractivity contribution in [1.82, 2.24) is 109 Å². The van der Waals surface area contributed by atoms with Gasteiger partial charge in [-0.1, -0.05) is 23.9 Å². The third-order valence-electron chi connectivity index (χ3n) is 12.6. The fourth-order valence-corrected chi connectivity index (χ4v) is 8.03. The monoisotopic (exact) mass is 1400 g/mol. The second kappa shape index (κ2) is 50.0. The molecule has 29 heteroatoms. The van der Waals surface area contributed by atoms with Crippen molar-refractivity contribution in [3.05, 3.63) is 219 Å². The number of carbonyl (C=O) groups excluding carboxylic acids is 1. The Labute approximate surface area is 603 Å². The summed E-state index contributed by atoms with van der Waals surface area (Å²) in [5.41, 5.74) is 12.8. The van der Waals surface area contributed by atoms with E-state index in [2.05, 4.69) is 103 Å². The number of aryl methyl sites for hydroxylation is 18. The van der Waals surface area contributed by atoms with Crippen LogP contribution >= 0.6 is 11.8 Å². The van der Waals surface area contributed by atoms with E-state index in [9.17, 15) is 9.59 Å². The number of nitrogens with zero attached hydrogens (tertiary/aromatic N) is 25. The number of amides is 2. The van der Waals surface area contributed by atoms with Gasteiger partial charge in [-0.15, -0.1) is 5.10 Å². The number of rotatable bonds is 0. The number of ether oxygens (including phenoxy) is 1. The van der Waals surface area contributed by atoms with Crippen LogP contribution in [-0.2, 0) is 18.8 Å². The molecule has 101 heavy (non-hydrogen) atoms. The maximum absolute atomic E-state index is 10.8. The van der Waals surface area contributed by atoms with Gasteiger partial charge >= 0.3 is 11.7 Å². The number of hydrogen-bond donors (Lipinski definition) is 0. The van der Waals surface area contributed by atoms with E-state index in [-0.39, 0.29) is 11.7 Å². The standard InChI is InChI=1S/2C7H9N.5C6H8N2.C5H7N3.C5H10N2O.C5H8N2O.C5H10N2.C4H8N2O.C4H8N2S/c1-6-3-4-7(2)8-5-6;1-6-4-3-5-7(2)8-6;1-5-3-8-6(2)4-7-5;1-5-3-7-4-6(2)8-5;1-5-3-7-6(2)8-4-5;2*1-5-3-4-7-6(2)8-5;1-4-6-3-7-5(2)8-4;2*1-6-3-4-7(2)5(6)8;1-5-3-4-7(2)6-5;2*1-4-5-6(2)3-7-4/h2*3-5H,1-2H3;5*3-4H,1-2H3;3H,1-2H3;3-4H2,1-2H3;3-4H,1-2H3;3-4H2,1-2H3;2*3H2,1-2H3. The SMILES string of the molecule is CC1=NN(C)CC1.CC1=NN(C)CO1.CC1=NN(C)CS1.CN1CCN(C)C1=O.Cc1ccc(C)nc1.Cc1cccc(C)n1.Cc1ccnc(C)n1.Cc1ccnc(C)n1.Cc1cnc(C)cn1.Cc1cnc(C)nc1.Cc1cncc(C)n1.Cc1ncnc(C)n1.Cn1ccn(C)c1=O. The normalized spacial score (nSPS) is 12.4. The average molecular weight is 1400 g/mol. The molecular weight excluding hydrogens is 1300 g/mol. The molecule has 0 spiro atoms. The number of aromatic nitrogens is 17. The molecule has 0 radical (unpaired) electrons. The zero-order valence-corrected chi connectivity index (χ0v) is 65.3. The van der Waals surface area contributed by atoms with Gasteiger partial charge in [-0.05, 0) is 166 Å². The first-order valence-electron chi connectivity index (χ1n) is 32.5. The summed E-state index contributed by atoms with van der Waals surface area (Å²) in [4.78, 5) is 84.7. The summed E-state index contributed by atoms with van der Waals surface area (Å²) >= 11 is 1.78. The largest absolute Gasteiger partial charge is 0.457 e. The van der Waals surface area contributed by atoms with Gasteiger partial charge in [0.05, 0.1) is 33.7 Å². The summed E-state index contributed by atoms with van der Waals surface area (Å²) in [5.74, 6) is 5.83. The van der Waals surface area contributed by atoms with Gasteiger partial charge < -0.3 is 23.7 Å². The number of likely N-dealkylation sites (N-methyl/N-ethyl adjacent to an activating group) is 2. The first kappa shape index (κ1) is 88.6. The van der Waals surface area contributed by atoms with Crippen molar-refractivity contribution in [2.24, 2.45) is 29.4 Å². The molecule has 0 aliphatic carbocycles. The van der Waals surface area contributed by atoms with Crippen molar-refractivity contribution < 1.29 is 9.53 Å². The van der Waals surface area contributed by atoms with Gasteiger partial charge in [0.15, 0.2) is 6.73 Å². The van der Waals surface area contributed by atoms with E-state index in [0.717, 1.165) is 124 Å². The lowest BCUT2D eigenvalue weighted by molar-refractivity contribution is 0.198. The summed E-state index contributed by atoms with van der Waals surface area (Å²) in [5, 5.41) is 19.0. The average Bonchev–Trinajstić information content (AvgIpc) is 1.82. The predicted octanol–water partition coefficient (Wildman–Crippen LogP) is 11.0. The number of urea groups is 1. The highest BCUT2D eigenvalue weighted by atomic mass is 32.2. The molecule has 0 N–H and O–H groups in total. The van der Waals surface area contributed by atoms with E-state index in [1.807, 2.05) is 225 Å². The lowest BCUT2D eigenvalue weighted by Crippen LogP contribution is -2.25. The molecule has 9 aromatic heterocycles. The highest BCUT2D eigenvalue weighted by molar-refractivity contribution is 8.14. The highest BCUT2D eigenvalue weighted by Gasteiger charge is 2.20. The number of imidazole rings is 1. The lowest BCUT2D eigenvalue weighted by Gasteiger charge is -2.07. The van der Waals surface area contributed by atoms with Gasteiger partial charge in [0.25, 0.3) is 0 Å². The van der Waals surface area contributed by atoms with E-state index in [4.69, 9.17) is 4.74 Å². The second-order valence-corrected chi connectivity index (χ2v) is 24.5. The Morgan fingerprint density at radius 1 is 0.386 bits per heavy atom. The van der Waals surface area contributed by atoms with Crippen LogP contribution in [0.15, 0.2) is 137 Å². The zero-order valence-electron chi connectivity index (χ0n) is 64.5. The first-order valence-corrected chi connectivity index (χ1v) is 33.5. The number of hydrogen-bond acceptors (Lipinski definition) is 25. The summed E-state index contributed by atoms with van der Waals surface area (Å²) in [6.07, 6.45) is 22.1. The molecule has 0 aromatic carbocycles. The number of thioether (sulfide) groups is 1. The predicted molar refractivity (Wildman–Crippen MR) is 406 cm³/mol. The van der Waals surface area contributed by atoms with E-state index in [1.165, 1.54) is 31.8 Å². The van der Waals surface area contributed by atoms with Crippen LogP contribution in [0.1, 0.15) is 119 Å². The van der Waals surface area contributed by atoms with E-state index >= 15 is 0 Å². The van der Waals surface area contributed by atoms with Crippen LogP contribution < -0.4 is 5.69 Å². The number of pyridine rings is 2. The molecule has 1 saturated heterocycles. The van der Waals surface area contributed by atoms with Crippen molar-refractivity contribution in [3.63, 3.8) is 0 Å². The topological polar surface area (TPSA) is 300 Å². The molecule has 0 atom stereocenters. The molecule has 13 heterocycles. The Morgan fingerprint density at radius 3 is 1.07 bits per heavy atom. The minimum Gasteiger partial charge on any atom is -0.457 e. The number of hydrazone groups is 3.